The largest absolute Gasteiger partial charge is 0.385 e. The van der Waals surface area contributed by atoms with E-state index in [1.54, 1.807) is 0 Å². The van der Waals surface area contributed by atoms with Gasteiger partial charge in [-0.2, -0.15) is 0 Å². The molecule has 0 aromatic heterocycles. The van der Waals surface area contributed by atoms with Gasteiger partial charge in [0.2, 0.25) is 0 Å². The maximum Gasteiger partial charge on any atom is 0.132 e. The number of aryl methyl sites for hydroxylation is 1. The highest BCUT2D eigenvalue weighted by molar-refractivity contribution is 5.77. The normalized spacial score (nSPS) is 10.6. The van der Waals surface area contributed by atoms with Crippen LogP contribution < -0.4 is 5.32 Å². The zero-order valence-corrected chi connectivity index (χ0v) is 15.2. The van der Waals surface area contributed by atoms with Crippen LogP contribution in [0.25, 0.3) is 5.70 Å². The van der Waals surface area contributed by atoms with Crippen molar-refractivity contribution in [3.8, 4) is 0 Å². The lowest BCUT2D eigenvalue weighted by molar-refractivity contribution is -0.118. The molecule has 0 bridgehead atoms. The monoisotopic (exact) mass is 315 g/mol. The fraction of sp³-hybridized carbons (Fsp3) is 0.571. The Labute approximate surface area is 142 Å². The number of unbranched alkanes of at least 4 members (excludes halogenated alkanes) is 4. The first kappa shape index (κ1) is 19.5. The van der Waals surface area contributed by atoms with Gasteiger partial charge in [0.15, 0.2) is 0 Å². The number of rotatable bonds is 12. The van der Waals surface area contributed by atoms with E-state index in [4.69, 9.17) is 0 Å². The average molecular weight is 316 g/mol. The number of nitrogens with one attached hydrogen (secondary N) is 1. The highest BCUT2D eigenvalue weighted by Gasteiger charge is 2.06. The summed E-state index contributed by atoms with van der Waals surface area (Å²) >= 11 is 0. The molecule has 128 valence electrons. The van der Waals surface area contributed by atoms with Crippen LogP contribution in [-0.2, 0) is 11.2 Å². The van der Waals surface area contributed by atoms with E-state index in [1.165, 1.54) is 36.0 Å². The van der Waals surface area contributed by atoms with Gasteiger partial charge in [0.05, 0.1) is 0 Å². The second-order valence-electron chi connectivity index (χ2n) is 6.27. The van der Waals surface area contributed by atoms with Gasteiger partial charge in [0.1, 0.15) is 5.78 Å². The Hall–Kier alpha value is -1.57. The maximum atomic E-state index is 11.2. The fourth-order valence-corrected chi connectivity index (χ4v) is 2.94. The number of carbonyl (C=O) groups excluding carboxylic acids is 1. The van der Waals surface area contributed by atoms with Crippen molar-refractivity contribution >= 4 is 11.5 Å². The first-order valence-electron chi connectivity index (χ1n) is 9.13. The molecule has 2 nitrogen and oxygen atoms in total. The van der Waals surface area contributed by atoms with Crippen molar-refractivity contribution in [1.29, 1.82) is 0 Å². The fourth-order valence-electron chi connectivity index (χ4n) is 2.94. The molecule has 0 saturated heterocycles. The predicted octanol–water partition coefficient (Wildman–Crippen LogP) is 5.44. The molecule has 0 atom stereocenters. The minimum absolute atomic E-state index is 0.396. The van der Waals surface area contributed by atoms with Crippen molar-refractivity contribution in [2.45, 2.75) is 72.1 Å². The van der Waals surface area contributed by atoms with Crippen molar-refractivity contribution < 1.29 is 4.79 Å². The highest BCUT2D eigenvalue weighted by Crippen LogP contribution is 2.20. The first-order valence-corrected chi connectivity index (χ1v) is 9.13. The SMILES string of the molecule is C=C(NCCCCCCCC(=O)CC)c1cccc(C)c1CC. The molecular weight excluding hydrogens is 282 g/mol. The molecule has 2 heteroatoms. The summed E-state index contributed by atoms with van der Waals surface area (Å²) in [5.41, 5.74) is 5.03. The minimum atomic E-state index is 0.396. The summed E-state index contributed by atoms with van der Waals surface area (Å²) in [5.74, 6) is 0.396. The van der Waals surface area contributed by atoms with Crippen LogP contribution in [0.4, 0.5) is 0 Å². The van der Waals surface area contributed by atoms with Crippen molar-refractivity contribution in [1.82, 2.24) is 5.32 Å². The molecule has 0 radical (unpaired) electrons. The number of hydrogen-bond donors (Lipinski definition) is 1. The Balaban J connectivity index is 2.20. The maximum absolute atomic E-state index is 11.2. The van der Waals surface area contributed by atoms with E-state index in [0.29, 0.717) is 12.2 Å². The van der Waals surface area contributed by atoms with Crippen LogP contribution in [0.1, 0.15) is 75.5 Å². The van der Waals surface area contributed by atoms with E-state index in [2.05, 4.69) is 43.9 Å². The third-order valence-corrected chi connectivity index (χ3v) is 4.45. The Bertz CT molecular complexity index is 505. The standard InChI is InChI=1S/C21H33NO/c1-5-19(23)14-10-8-7-9-11-16-22-18(4)21-15-12-13-17(3)20(21)6-2/h12-13,15,22H,4-11,14,16H2,1-3H3. The van der Waals surface area contributed by atoms with Gasteiger partial charge in [0, 0.05) is 30.6 Å². The quantitative estimate of drug-likeness (QED) is 0.521. The number of Topliss-reactive ketones (excluding diaryl/α,β-unsaturated/α-hetero) is 1. The second-order valence-corrected chi connectivity index (χ2v) is 6.27. The van der Waals surface area contributed by atoms with Crippen molar-refractivity contribution in [3.05, 3.63) is 41.5 Å². The zero-order valence-electron chi connectivity index (χ0n) is 15.2. The Kier molecular flexibility index (Phi) is 9.35. The van der Waals surface area contributed by atoms with Crippen molar-refractivity contribution in [2.24, 2.45) is 0 Å². The van der Waals surface area contributed by atoms with Gasteiger partial charge >= 0.3 is 0 Å². The van der Waals surface area contributed by atoms with Gasteiger partial charge in [-0.3, -0.25) is 4.79 Å². The lowest BCUT2D eigenvalue weighted by Gasteiger charge is -2.15. The van der Waals surface area contributed by atoms with Crippen LogP contribution in [-0.4, -0.2) is 12.3 Å². The third kappa shape index (κ3) is 7.02. The Morgan fingerprint density at radius 1 is 1.09 bits per heavy atom. The second kappa shape index (κ2) is 11.0. The summed E-state index contributed by atoms with van der Waals surface area (Å²) in [5, 5.41) is 3.47. The number of carbonyl (C=O) groups is 1. The van der Waals surface area contributed by atoms with Gasteiger partial charge in [-0.1, -0.05) is 57.9 Å². The van der Waals surface area contributed by atoms with Crippen LogP contribution in [0.2, 0.25) is 0 Å². The molecule has 0 aliphatic rings. The van der Waals surface area contributed by atoms with Crippen LogP contribution in [0, 0.1) is 6.92 Å². The van der Waals surface area contributed by atoms with Crippen LogP contribution in [0.3, 0.4) is 0 Å². The summed E-state index contributed by atoms with van der Waals surface area (Å²) in [6, 6.07) is 6.43. The van der Waals surface area contributed by atoms with Gasteiger partial charge in [0.25, 0.3) is 0 Å². The number of hydrogen-bond acceptors (Lipinski definition) is 2. The molecular formula is C21H33NO. The lowest BCUT2D eigenvalue weighted by Crippen LogP contribution is -2.14. The highest BCUT2D eigenvalue weighted by atomic mass is 16.1. The molecule has 1 N–H and O–H groups in total. The summed E-state index contributed by atoms with van der Waals surface area (Å²) in [4.78, 5) is 11.2. The van der Waals surface area contributed by atoms with E-state index in [0.717, 1.165) is 37.9 Å². The van der Waals surface area contributed by atoms with Crippen LogP contribution in [0.15, 0.2) is 24.8 Å². The molecule has 0 saturated carbocycles. The van der Waals surface area contributed by atoms with E-state index >= 15 is 0 Å². The first-order chi connectivity index (χ1) is 11.1. The van der Waals surface area contributed by atoms with E-state index in [9.17, 15) is 4.79 Å². The summed E-state index contributed by atoms with van der Waals surface area (Å²) in [6.45, 7) is 11.5. The van der Waals surface area contributed by atoms with E-state index < -0.39 is 0 Å². The number of benzene rings is 1. The summed E-state index contributed by atoms with van der Waals surface area (Å²) < 4.78 is 0. The smallest absolute Gasteiger partial charge is 0.132 e. The molecule has 0 aliphatic carbocycles. The van der Waals surface area contributed by atoms with Crippen LogP contribution >= 0.6 is 0 Å². The summed E-state index contributed by atoms with van der Waals surface area (Å²) in [6.07, 6.45) is 8.31. The Morgan fingerprint density at radius 3 is 2.48 bits per heavy atom. The van der Waals surface area contributed by atoms with E-state index in [1.807, 2.05) is 6.92 Å². The molecule has 1 aromatic carbocycles. The number of ketones is 1. The average Bonchev–Trinajstić information content (AvgIpc) is 2.56. The molecule has 0 fully saturated rings. The van der Waals surface area contributed by atoms with Gasteiger partial charge in [-0.15, -0.1) is 0 Å². The molecule has 0 spiro atoms. The van der Waals surface area contributed by atoms with Gasteiger partial charge < -0.3 is 5.32 Å². The van der Waals surface area contributed by atoms with Crippen molar-refractivity contribution in [3.63, 3.8) is 0 Å². The van der Waals surface area contributed by atoms with Gasteiger partial charge in [-0.05, 0) is 37.3 Å². The zero-order chi connectivity index (χ0) is 17.1. The molecule has 1 rings (SSSR count). The topological polar surface area (TPSA) is 29.1 Å². The van der Waals surface area contributed by atoms with Gasteiger partial charge in [-0.25, -0.2) is 0 Å². The lowest BCUT2D eigenvalue weighted by atomic mass is 9.98. The molecule has 0 amide bonds. The molecule has 0 unspecified atom stereocenters. The van der Waals surface area contributed by atoms with E-state index in [-0.39, 0.29) is 0 Å². The third-order valence-electron chi connectivity index (χ3n) is 4.45. The predicted molar refractivity (Wildman–Crippen MR) is 101 cm³/mol. The molecule has 1 aromatic rings. The molecule has 23 heavy (non-hydrogen) atoms. The van der Waals surface area contributed by atoms with Crippen molar-refractivity contribution in [2.75, 3.05) is 6.54 Å². The molecule has 0 heterocycles. The molecule has 0 aliphatic heterocycles. The summed E-state index contributed by atoms with van der Waals surface area (Å²) in [7, 11) is 0. The van der Waals surface area contributed by atoms with Crippen LogP contribution in [0.5, 0.6) is 0 Å². The minimum Gasteiger partial charge on any atom is -0.385 e. The Morgan fingerprint density at radius 2 is 1.78 bits per heavy atom.